The van der Waals surface area contributed by atoms with Gasteiger partial charge < -0.3 is 0 Å². The van der Waals surface area contributed by atoms with E-state index < -0.39 is 32.1 Å². The van der Waals surface area contributed by atoms with Crippen molar-refractivity contribution in [3.05, 3.63) is 45.4 Å². The normalized spacial score (nSPS) is 17.3. The van der Waals surface area contributed by atoms with E-state index in [-0.39, 0.29) is 5.56 Å². The predicted molar refractivity (Wildman–Crippen MR) is 88.4 cm³/mol. The van der Waals surface area contributed by atoms with Crippen LogP contribution in [0.25, 0.3) is 0 Å². The molecule has 0 aliphatic heterocycles. The van der Waals surface area contributed by atoms with Crippen LogP contribution in [-0.2, 0) is 15.6 Å². The molecule has 0 radical (unpaired) electrons. The van der Waals surface area contributed by atoms with E-state index >= 15 is 0 Å². The minimum Gasteiger partial charge on any atom is -0.245 e. The molecule has 0 unspecified atom stereocenters. The van der Waals surface area contributed by atoms with Gasteiger partial charge in [-0.15, -0.1) is 11.3 Å². The van der Waals surface area contributed by atoms with Crippen LogP contribution in [0, 0.1) is 25.5 Å². The molecule has 1 aromatic carbocycles. The van der Waals surface area contributed by atoms with Gasteiger partial charge in [-0.2, -0.15) is 4.72 Å². The number of rotatable bonds is 4. The van der Waals surface area contributed by atoms with Gasteiger partial charge in [-0.05, 0) is 44.4 Å². The average Bonchev–Trinajstić information content (AvgIpc) is 3.12. The summed E-state index contributed by atoms with van der Waals surface area (Å²) in [6.07, 6.45) is 2.89. The zero-order valence-electron chi connectivity index (χ0n) is 13.4. The molecule has 1 saturated carbocycles. The van der Waals surface area contributed by atoms with Crippen molar-refractivity contribution in [2.24, 2.45) is 0 Å². The first-order valence-corrected chi connectivity index (χ1v) is 10.0. The molecule has 0 saturated heterocycles. The van der Waals surface area contributed by atoms with Gasteiger partial charge in [0.25, 0.3) is 0 Å². The van der Waals surface area contributed by atoms with Gasteiger partial charge >= 0.3 is 0 Å². The molecule has 1 heterocycles. The zero-order valence-corrected chi connectivity index (χ0v) is 15.0. The first-order valence-electron chi connectivity index (χ1n) is 7.66. The number of benzene rings is 1. The Hall–Kier alpha value is -1.38. The molecule has 0 atom stereocenters. The van der Waals surface area contributed by atoms with Crippen molar-refractivity contribution in [1.29, 1.82) is 0 Å². The van der Waals surface area contributed by atoms with Gasteiger partial charge in [0.1, 0.15) is 21.5 Å². The summed E-state index contributed by atoms with van der Waals surface area (Å²) < 4.78 is 55.9. The Morgan fingerprint density at radius 2 is 1.83 bits per heavy atom. The lowest BCUT2D eigenvalue weighted by Crippen LogP contribution is -2.44. The number of halogens is 2. The number of nitrogens with zero attached hydrogens (tertiary/aromatic N) is 1. The fourth-order valence-corrected chi connectivity index (χ4v) is 5.63. The Balaban J connectivity index is 2.02. The van der Waals surface area contributed by atoms with Crippen molar-refractivity contribution < 1.29 is 17.2 Å². The third-order valence-corrected chi connectivity index (χ3v) is 7.03. The Labute approximate surface area is 144 Å². The van der Waals surface area contributed by atoms with E-state index in [1.54, 1.807) is 0 Å². The maximum atomic E-state index is 14.1. The van der Waals surface area contributed by atoms with Crippen LogP contribution < -0.4 is 4.72 Å². The van der Waals surface area contributed by atoms with Crippen LogP contribution in [0.1, 0.15) is 41.9 Å². The quantitative estimate of drug-likeness (QED) is 0.888. The van der Waals surface area contributed by atoms with E-state index in [2.05, 4.69) is 9.71 Å². The Morgan fingerprint density at radius 1 is 1.17 bits per heavy atom. The van der Waals surface area contributed by atoms with Crippen LogP contribution in [0.15, 0.2) is 22.4 Å². The summed E-state index contributed by atoms with van der Waals surface area (Å²) in [7, 11) is -4.21. The summed E-state index contributed by atoms with van der Waals surface area (Å²) >= 11 is 1.39. The van der Waals surface area contributed by atoms with Gasteiger partial charge in [-0.25, -0.2) is 22.2 Å². The minimum absolute atomic E-state index is 0.0672. The lowest BCUT2D eigenvalue weighted by molar-refractivity contribution is 0.400. The lowest BCUT2D eigenvalue weighted by atomic mass is 10.0. The molecule has 3 rings (SSSR count). The van der Waals surface area contributed by atoms with Crippen molar-refractivity contribution in [2.45, 2.75) is 50.0 Å². The summed E-state index contributed by atoms with van der Waals surface area (Å²) in [4.78, 5) is 3.76. The molecule has 8 heteroatoms. The standard InChI is InChI=1S/C16H18F2N2O2S2/c1-10-7-13(18)14(8-12(10)17)24(21,22)20-16(5-3-4-6-16)15-19-11(2)9-23-15/h7-9,20H,3-6H2,1-2H3. The van der Waals surface area contributed by atoms with Crippen LogP contribution in [0.3, 0.4) is 0 Å². The fourth-order valence-electron chi connectivity index (χ4n) is 3.06. The van der Waals surface area contributed by atoms with Crippen LogP contribution in [-0.4, -0.2) is 13.4 Å². The molecule has 0 bridgehead atoms. The highest BCUT2D eigenvalue weighted by Crippen LogP contribution is 2.41. The molecule has 4 nitrogen and oxygen atoms in total. The highest BCUT2D eigenvalue weighted by atomic mass is 32.2. The number of aryl methyl sites for hydroxylation is 2. The lowest BCUT2D eigenvalue weighted by Gasteiger charge is -2.28. The van der Waals surface area contributed by atoms with Crippen LogP contribution >= 0.6 is 11.3 Å². The highest BCUT2D eigenvalue weighted by molar-refractivity contribution is 7.89. The second kappa shape index (κ2) is 6.16. The number of hydrogen-bond acceptors (Lipinski definition) is 4. The number of sulfonamides is 1. The minimum atomic E-state index is -4.21. The maximum absolute atomic E-state index is 14.1. The molecule has 1 fully saturated rings. The molecular weight excluding hydrogens is 354 g/mol. The van der Waals surface area contributed by atoms with Crippen molar-refractivity contribution in [3.8, 4) is 0 Å². The van der Waals surface area contributed by atoms with E-state index in [4.69, 9.17) is 0 Å². The second-order valence-electron chi connectivity index (χ2n) is 6.22. The third-order valence-electron chi connectivity index (χ3n) is 4.32. The molecule has 2 aromatic rings. The van der Waals surface area contributed by atoms with E-state index in [0.29, 0.717) is 17.8 Å². The Morgan fingerprint density at radius 3 is 2.42 bits per heavy atom. The first-order chi connectivity index (χ1) is 11.2. The van der Waals surface area contributed by atoms with Crippen LogP contribution in [0.2, 0.25) is 0 Å². The smallest absolute Gasteiger partial charge is 0.244 e. The average molecular weight is 372 g/mol. The summed E-state index contributed by atoms with van der Waals surface area (Å²) in [6, 6.07) is 1.64. The molecule has 1 aromatic heterocycles. The topological polar surface area (TPSA) is 59.1 Å². The van der Waals surface area contributed by atoms with E-state index in [0.717, 1.165) is 30.7 Å². The number of thiazole rings is 1. The van der Waals surface area contributed by atoms with E-state index in [1.807, 2.05) is 12.3 Å². The van der Waals surface area contributed by atoms with Crippen LogP contribution in [0.4, 0.5) is 8.78 Å². The van der Waals surface area contributed by atoms with Gasteiger partial charge in [0.15, 0.2) is 0 Å². The number of hydrogen-bond donors (Lipinski definition) is 1. The van der Waals surface area contributed by atoms with Crippen LogP contribution in [0.5, 0.6) is 0 Å². The molecule has 1 aliphatic rings. The molecule has 130 valence electrons. The highest BCUT2D eigenvalue weighted by Gasteiger charge is 2.42. The van der Waals surface area contributed by atoms with Gasteiger partial charge in [-0.3, -0.25) is 0 Å². The summed E-state index contributed by atoms with van der Waals surface area (Å²) in [5, 5.41) is 2.53. The van der Waals surface area contributed by atoms with Crippen molar-refractivity contribution in [1.82, 2.24) is 9.71 Å². The van der Waals surface area contributed by atoms with E-state index in [9.17, 15) is 17.2 Å². The third kappa shape index (κ3) is 3.10. The second-order valence-corrected chi connectivity index (χ2v) is 8.73. The number of nitrogens with one attached hydrogen (secondary N) is 1. The predicted octanol–water partition coefficient (Wildman–Crippen LogP) is 3.79. The summed E-state index contributed by atoms with van der Waals surface area (Å²) in [5.41, 5.74) is 0.0385. The SMILES string of the molecule is Cc1csc(C2(NS(=O)(=O)c3cc(F)c(C)cc3F)CCCC2)n1. The maximum Gasteiger partial charge on any atom is 0.244 e. The largest absolute Gasteiger partial charge is 0.245 e. The van der Waals surface area contributed by atoms with Gasteiger partial charge in [0.2, 0.25) is 10.0 Å². The van der Waals surface area contributed by atoms with Gasteiger partial charge in [0, 0.05) is 11.1 Å². The molecule has 0 spiro atoms. The van der Waals surface area contributed by atoms with Gasteiger partial charge in [-0.1, -0.05) is 12.8 Å². The Bertz CT molecular complexity index is 872. The molecule has 24 heavy (non-hydrogen) atoms. The van der Waals surface area contributed by atoms with Crippen molar-refractivity contribution in [2.75, 3.05) is 0 Å². The van der Waals surface area contributed by atoms with E-state index in [1.165, 1.54) is 18.3 Å². The van der Waals surface area contributed by atoms with Crippen molar-refractivity contribution in [3.63, 3.8) is 0 Å². The molecule has 0 amide bonds. The summed E-state index contributed by atoms with van der Waals surface area (Å²) in [6.45, 7) is 3.23. The summed E-state index contributed by atoms with van der Waals surface area (Å²) in [5.74, 6) is -1.70. The monoisotopic (exact) mass is 372 g/mol. The van der Waals surface area contributed by atoms with Gasteiger partial charge in [0.05, 0.1) is 5.54 Å². The molecule has 1 N–H and O–H groups in total. The molecule has 1 aliphatic carbocycles. The Kier molecular flexibility index (Phi) is 4.48. The fraction of sp³-hybridized carbons (Fsp3) is 0.438. The van der Waals surface area contributed by atoms with Crippen molar-refractivity contribution >= 4 is 21.4 Å². The number of aromatic nitrogens is 1. The zero-order chi connectivity index (χ0) is 17.5. The molecular formula is C16H18F2N2O2S2. The first kappa shape index (κ1) is 17.4.